The highest BCUT2D eigenvalue weighted by atomic mass is 79.9. The number of hydrogen-bond donors (Lipinski definition) is 0. The van der Waals surface area contributed by atoms with Gasteiger partial charge < -0.3 is 9.64 Å². The first-order valence-corrected chi connectivity index (χ1v) is 10.4. The molecule has 1 aliphatic heterocycles. The molecule has 0 N–H and O–H groups in total. The molecule has 1 amide bonds. The zero-order valence-electron chi connectivity index (χ0n) is 15.3. The maximum absolute atomic E-state index is 13.1. The third-order valence-corrected chi connectivity index (χ3v) is 6.00. The van der Waals surface area contributed by atoms with Gasteiger partial charge in [-0.1, -0.05) is 28.8 Å². The van der Waals surface area contributed by atoms with E-state index in [4.69, 9.17) is 4.74 Å². The van der Waals surface area contributed by atoms with Crippen molar-refractivity contribution in [2.45, 2.75) is 31.7 Å². The Morgan fingerprint density at radius 2 is 1.74 bits per heavy atom. The lowest BCUT2D eigenvalue weighted by Gasteiger charge is -2.38. The van der Waals surface area contributed by atoms with Gasteiger partial charge in [-0.05, 0) is 49.2 Å². The third kappa shape index (κ3) is 4.33. The van der Waals surface area contributed by atoms with Crippen molar-refractivity contribution in [3.05, 3.63) is 52.6 Å². The van der Waals surface area contributed by atoms with Gasteiger partial charge >= 0.3 is 0 Å². The fourth-order valence-electron chi connectivity index (χ4n) is 3.98. The predicted octanol–water partition coefficient (Wildman–Crippen LogP) is 4.34. The summed E-state index contributed by atoms with van der Waals surface area (Å²) < 4.78 is 6.87. The van der Waals surface area contributed by atoms with Crippen LogP contribution >= 0.6 is 15.9 Å². The zero-order valence-corrected chi connectivity index (χ0v) is 16.9. The summed E-state index contributed by atoms with van der Waals surface area (Å²) in [4.78, 5) is 21.9. The van der Waals surface area contributed by atoms with Crippen LogP contribution in [0, 0.1) is 0 Å². The van der Waals surface area contributed by atoms with Gasteiger partial charge in [0.05, 0.1) is 0 Å². The number of carbonyl (C=O) groups excluding carboxylic acids is 1. The lowest BCUT2D eigenvalue weighted by Crippen LogP contribution is -2.51. The highest BCUT2D eigenvalue weighted by Crippen LogP contribution is 2.27. The Balaban J connectivity index is 1.43. The SMILES string of the molecule is O=C(c1cccnc1Oc1ccc(Br)cc1)N1CCN(C2CCCC2)CC1. The number of ether oxygens (including phenoxy) is 1. The number of rotatable bonds is 4. The van der Waals surface area contributed by atoms with Crippen LogP contribution in [0.2, 0.25) is 0 Å². The molecule has 1 aromatic carbocycles. The molecule has 0 atom stereocenters. The Bertz CT molecular complexity index is 782. The van der Waals surface area contributed by atoms with Crippen LogP contribution in [0.1, 0.15) is 36.0 Å². The van der Waals surface area contributed by atoms with Crippen LogP contribution in [0.15, 0.2) is 47.1 Å². The number of benzene rings is 1. The van der Waals surface area contributed by atoms with Gasteiger partial charge in [0, 0.05) is 42.9 Å². The number of aromatic nitrogens is 1. The second-order valence-electron chi connectivity index (χ2n) is 7.18. The first-order chi connectivity index (χ1) is 13.2. The Kier molecular flexibility index (Phi) is 5.74. The van der Waals surface area contributed by atoms with Crippen molar-refractivity contribution in [2.24, 2.45) is 0 Å². The van der Waals surface area contributed by atoms with Crippen molar-refractivity contribution < 1.29 is 9.53 Å². The van der Waals surface area contributed by atoms with E-state index in [1.54, 1.807) is 18.3 Å². The summed E-state index contributed by atoms with van der Waals surface area (Å²) in [6.45, 7) is 3.45. The molecule has 4 rings (SSSR count). The summed E-state index contributed by atoms with van der Waals surface area (Å²) in [6.07, 6.45) is 6.96. The van der Waals surface area contributed by atoms with Gasteiger partial charge in [0.2, 0.25) is 5.88 Å². The van der Waals surface area contributed by atoms with Gasteiger partial charge in [0.1, 0.15) is 11.3 Å². The van der Waals surface area contributed by atoms with Crippen molar-refractivity contribution in [1.29, 1.82) is 0 Å². The monoisotopic (exact) mass is 429 g/mol. The normalized spacial score (nSPS) is 18.6. The molecular weight excluding hydrogens is 406 g/mol. The summed E-state index contributed by atoms with van der Waals surface area (Å²) in [7, 11) is 0. The van der Waals surface area contributed by atoms with Crippen LogP contribution in [0.4, 0.5) is 0 Å². The molecule has 2 fully saturated rings. The average Bonchev–Trinajstić information content (AvgIpc) is 3.25. The maximum Gasteiger partial charge on any atom is 0.259 e. The molecule has 1 saturated carbocycles. The second kappa shape index (κ2) is 8.40. The molecule has 6 heteroatoms. The predicted molar refractivity (Wildman–Crippen MR) is 108 cm³/mol. The van der Waals surface area contributed by atoms with Crippen LogP contribution < -0.4 is 4.74 Å². The fourth-order valence-corrected chi connectivity index (χ4v) is 4.24. The molecule has 1 aromatic heterocycles. The number of nitrogens with zero attached hydrogens (tertiary/aromatic N) is 3. The molecule has 0 unspecified atom stereocenters. The third-order valence-electron chi connectivity index (χ3n) is 5.47. The Morgan fingerprint density at radius 3 is 2.44 bits per heavy atom. The standard InChI is InChI=1S/C21H24BrN3O2/c22-16-7-9-18(10-8-16)27-20-19(6-3-11-23-20)21(26)25-14-12-24(13-15-25)17-4-1-2-5-17/h3,6-11,17H,1-2,4-5,12-15H2. The second-order valence-corrected chi connectivity index (χ2v) is 8.09. The summed E-state index contributed by atoms with van der Waals surface area (Å²) in [5.74, 6) is 1.03. The van der Waals surface area contributed by atoms with Gasteiger partial charge in [-0.15, -0.1) is 0 Å². The van der Waals surface area contributed by atoms with Gasteiger partial charge in [-0.25, -0.2) is 4.98 Å². The summed E-state index contributed by atoms with van der Waals surface area (Å²) >= 11 is 3.41. The minimum atomic E-state index is 0.00119. The first kappa shape index (κ1) is 18.4. The van der Waals surface area contributed by atoms with E-state index in [1.807, 2.05) is 29.2 Å². The number of halogens is 1. The van der Waals surface area contributed by atoms with Gasteiger partial charge in [0.15, 0.2) is 0 Å². The molecule has 1 aliphatic carbocycles. The molecule has 1 saturated heterocycles. The lowest BCUT2D eigenvalue weighted by molar-refractivity contribution is 0.0570. The minimum Gasteiger partial charge on any atom is -0.438 e. The Morgan fingerprint density at radius 1 is 1.04 bits per heavy atom. The van der Waals surface area contributed by atoms with E-state index in [-0.39, 0.29) is 5.91 Å². The lowest BCUT2D eigenvalue weighted by atomic mass is 10.1. The van der Waals surface area contributed by atoms with Crippen LogP contribution in [-0.2, 0) is 0 Å². The van der Waals surface area contributed by atoms with Crippen LogP contribution in [0.25, 0.3) is 0 Å². The molecule has 0 radical (unpaired) electrons. The zero-order chi connectivity index (χ0) is 18.6. The molecule has 142 valence electrons. The summed E-state index contributed by atoms with van der Waals surface area (Å²) in [5, 5.41) is 0. The van der Waals surface area contributed by atoms with E-state index in [9.17, 15) is 4.79 Å². The number of hydrogen-bond acceptors (Lipinski definition) is 4. The molecule has 5 nitrogen and oxygen atoms in total. The Hall–Kier alpha value is -1.92. The highest BCUT2D eigenvalue weighted by molar-refractivity contribution is 9.10. The van der Waals surface area contributed by atoms with Gasteiger partial charge in [0.25, 0.3) is 5.91 Å². The van der Waals surface area contributed by atoms with Crippen molar-refractivity contribution in [3.63, 3.8) is 0 Å². The van der Waals surface area contributed by atoms with E-state index < -0.39 is 0 Å². The molecular formula is C21H24BrN3O2. The minimum absolute atomic E-state index is 0.00119. The largest absolute Gasteiger partial charge is 0.438 e. The smallest absolute Gasteiger partial charge is 0.259 e. The van der Waals surface area contributed by atoms with E-state index in [1.165, 1.54) is 25.7 Å². The van der Waals surface area contributed by atoms with E-state index in [0.29, 0.717) is 17.2 Å². The van der Waals surface area contributed by atoms with Crippen molar-refractivity contribution >= 4 is 21.8 Å². The van der Waals surface area contributed by atoms with Crippen LogP contribution in [-0.4, -0.2) is 52.9 Å². The molecule has 0 spiro atoms. The maximum atomic E-state index is 13.1. The summed E-state index contributed by atoms with van der Waals surface area (Å²) in [6, 6.07) is 11.8. The van der Waals surface area contributed by atoms with E-state index in [0.717, 1.165) is 36.7 Å². The molecule has 27 heavy (non-hydrogen) atoms. The van der Waals surface area contributed by atoms with Crippen molar-refractivity contribution in [3.8, 4) is 11.6 Å². The quantitative estimate of drug-likeness (QED) is 0.724. The van der Waals surface area contributed by atoms with Crippen LogP contribution in [0.3, 0.4) is 0 Å². The summed E-state index contributed by atoms with van der Waals surface area (Å²) in [5.41, 5.74) is 0.523. The number of pyridine rings is 1. The molecule has 2 aliphatic rings. The number of carbonyl (C=O) groups is 1. The van der Waals surface area contributed by atoms with Crippen LogP contribution in [0.5, 0.6) is 11.6 Å². The molecule has 2 aromatic rings. The van der Waals surface area contributed by atoms with Gasteiger partial charge in [-0.3, -0.25) is 9.69 Å². The topological polar surface area (TPSA) is 45.7 Å². The average molecular weight is 430 g/mol. The molecule has 2 heterocycles. The van der Waals surface area contributed by atoms with Crippen molar-refractivity contribution in [2.75, 3.05) is 26.2 Å². The highest BCUT2D eigenvalue weighted by Gasteiger charge is 2.29. The van der Waals surface area contributed by atoms with Crippen molar-refractivity contribution in [1.82, 2.24) is 14.8 Å². The Labute approximate surface area is 168 Å². The van der Waals surface area contributed by atoms with E-state index in [2.05, 4.69) is 25.8 Å². The fraction of sp³-hybridized carbons (Fsp3) is 0.429. The molecule has 0 bridgehead atoms. The van der Waals surface area contributed by atoms with Gasteiger partial charge in [-0.2, -0.15) is 0 Å². The van der Waals surface area contributed by atoms with E-state index >= 15 is 0 Å². The number of piperazine rings is 1. The number of amides is 1. The first-order valence-electron chi connectivity index (χ1n) is 9.62.